The first-order chi connectivity index (χ1) is 10.2. The Morgan fingerprint density at radius 3 is 2.95 bits per heavy atom. The second-order valence-electron chi connectivity index (χ2n) is 4.17. The topological polar surface area (TPSA) is 114 Å². The van der Waals surface area contributed by atoms with Crippen molar-refractivity contribution in [3.05, 3.63) is 36.2 Å². The molecule has 1 aromatic carbocycles. The van der Waals surface area contributed by atoms with Crippen molar-refractivity contribution in [2.75, 3.05) is 7.11 Å². The second kappa shape index (κ2) is 5.41. The molecule has 0 spiro atoms. The molecule has 4 N–H and O–H groups in total. The molecule has 0 unspecified atom stereocenters. The third kappa shape index (κ3) is 2.79. The van der Waals surface area contributed by atoms with E-state index in [-0.39, 0.29) is 5.84 Å². The van der Waals surface area contributed by atoms with E-state index in [4.69, 9.17) is 15.9 Å². The minimum atomic E-state index is -0.0893. The number of nitrogens with zero attached hydrogens (tertiary/aromatic N) is 3. The maximum atomic E-state index is 7.39. The monoisotopic (exact) mass is 300 g/mol. The largest absolute Gasteiger partial charge is 0.497 e. The van der Waals surface area contributed by atoms with Crippen LogP contribution in [-0.4, -0.2) is 32.9 Å². The summed E-state index contributed by atoms with van der Waals surface area (Å²) in [5.41, 5.74) is 7.52. The average molecular weight is 300 g/mol. The maximum absolute atomic E-state index is 7.39. The number of amidine groups is 1. The van der Waals surface area contributed by atoms with Gasteiger partial charge in [0.1, 0.15) is 17.3 Å². The highest BCUT2D eigenvalue weighted by molar-refractivity contribution is 7.99. The van der Waals surface area contributed by atoms with Crippen LogP contribution in [0.25, 0.3) is 11.0 Å². The second-order valence-corrected chi connectivity index (χ2v) is 5.12. The van der Waals surface area contributed by atoms with Crippen molar-refractivity contribution in [3.8, 4) is 5.75 Å². The van der Waals surface area contributed by atoms with Gasteiger partial charge < -0.3 is 15.5 Å². The van der Waals surface area contributed by atoms with Crippen LogP contribution in [0.4, 0.5) is 0 Å². The molecular weight excluding hydrogens is 288 g/mol. The summed E-state index contributed by atoms with van der Waals surface area (Å²) in [6.07, 6.45) is 1.57. The molecular formula is C13H12N6OS. The van der Waals surface area contributed by atoms with Crippen LogP contribution in [-0.2, 0) is 0 Å². The summed E-state index contributed by atoms with van der Waals surface area (Å²) >= 11 is 1.28. The van der Waals surface area contributed by atoms with Crippen molar-refractivity contribution in [3.63, 3.8) is 0 Å². The van der Waals surface area contributed by atoms with Gasteiger partial charge in [-0.05, 0) is 30.0 Å². The lowest BCUT2D eigenvalue weighted by Gasteiger charge is -1.99. The van der Waals surface area contributed by atoms with E-state index in [1.807, 2.05) is 18.2 Å². The van der Waals surface area contributed by atoms with Crippen molar-refractivity contribution in [2.45, 2.75) is 10.3 Å². The number of aromatic nitrogens is 4. The first kappa shape index (κ1) is 13.4. The molecule has 106 valence electrons. The predicted octanol–water partition coefficient (Wildman–Crippen LogP) is 1.80. The molecule has 0 aliphatic heterocycles. The molecule has 0 saturated carbocycles. The van der Waals surface area contributed by atoms with Crippen LogP contribution in [0.5, 0.6) is 5.75 Å². The summed E-state index contributed by atoms with van der Waals surface area (Å²) in [6.45, 7) is 0. The first-order valence-corrected chi connectivity index (χ1v) is 6.86. The number of imidazole rings is 1. The predicted molar refractivity (Wildman–Crippen MR) is 79.8 cm³/mol. The quantitative estimate of drug-likeness (QED) is 0.384. The number of H-pyrrole nitrogens is 1. The van der Waals surface area contributed by atoms with Crippen molar-refractivity contribution < 1.29 is 4.74 Å². The summed E-state index contributed by atoms with van der Waals surface area (Å²) in [6, 6.07) is 7.20. The summed E-state index contributed by atoms with van der Waals surface area (Å²) in [5.74, 6) is 0.672. The van der Waals surface area contributed by atoms with Crippen LogP contribution < -0.4 is 10.5 Å². The fraction of sp³-hybridized carbons (Fsp3) is 0.0769. The van der Waals surface area contributed by atoms with Gasteiger partial charge in [-0.25, -0.2) is 15.0 Å². The Morgan fingerprint density at radius 2 is 2.19 bits per heavy atom. The zero-order chi connectivity index (χ0) is 14.8. The highest BCUT2D eigenvalue weighted by Gasteiger charge is 2.09. The molecule has 7 nitrogen and oxygen atoms in total. The Kier molecular flexibility index (Phi) is 3.44. The highest BCUT2D eigenvalue weighted by Crippen LogP contribution is 2.26. The smallest absolute Gasteiger partial charge is 0.196 e. The zero-order valence-electron chi connectivity index (χ0n) is 11.1. The standard InChI is InChI=1S/C13H12N6OS/c1-20-7-2-3-8-10(6-7)19-13(17-8)21-12-16-5-4-9(18-12)11(14)15/h2-6H,1H3,(H3,14,15)(H,17,19). The molecule has 2 heterocycles. The fourth-order valence-electron chi connectivity index (χ4n) is 1.77. The average Bonchev–Trinajstić information content (AvgIpc) is 2.88. The Balaban J connectivity index is 1.91. The molecule has 0 aliphatic carbocycles. The molecule has 2 aromatic heterocycles. The number of nitrogen functional groups attached to an aromatic ring is 1. The lowest BCUT2D eigenvalue weighted by atomic mass is 10.3. The molecule has 3 aromatic rings. The molecule has 21 heavy (non-hydrogen) atoms. The molecule has 0 fully saturated rings. The number of rotatable bonds is 4. The van der Waals surface area contributed by atoms with Crippen molar-refractivity contribution in [1.82, 2.24) is 19.9 Å². The molecule has 0 bridgehead atoms. The van der Waals surface area contributed by atoms with Crippen LogP contribution >= 0.6 is 11.8 Å². The number of hydrogen-bond donors (Lipinski definition) is 3. The Morgan fingerprint density at radius 1 is 1.33 bits per heavy atom. The summed E-state index contributed by atoms with van der Waals surface area (Å²) in [5, 5.41) is 8.53. The van der Waals surface area contributed by atoms with Crippen LogP contribution in [0.2, 0.25) is 0 Å². The van der Waals surface area contributed by atoms with Crippen molar-refractivity contribution >= 4 is 28.6 Å². The normalized spacial score (nSPS) is 10.7. The van der Waals surface area contributed by atoms with Gasteiger partial charge >= 0.3 is 0 Å². The van der Waals surface area contributed by atoms with Crippen molar-refractivity contribution in [2.24, 2.45) is 5.73 Å². The highest BCUT2D eigenvalue weighted by atomic mass is 32.2. The van der Waals surface area contributed by atoms with Gasteiger partial charge in [0.05, 0.1) is 18.1 Å². The number of ether oxygens (including phenoxy) is 1. The van der Waals surface area contributed by atoms with E-state index >= 15 is 0 Å². The van der Waals surface area contributed by atoms with Gasteiger partial charge in [0.25, 0.3) is 0 Å². The van der Waals surface area contributed by atoms with E-state index in [0.717, 1.165) is 16.8 Å². The van der Waals surface area contributed by atoms with E-state index < -0.39 is 0 Å². The van der Waals surface area contributed by atoms with Gasteiger partial charge in [0.15, 0.2) is 10.3 Å². The summed E-state index contributed by atoms with van der Waals surface area (Å²) < 4.78 is 5.18. The van der Waals surface area contributed by atoms with E-state index in [1.54, 1.807) is 19.4 Å². The molecule has 8 heteroatoms. The van der Waals surface area contributed by atoms with E-state index in [1.165, 1.54) is 11.8 Å². The fourth-order valence-corrected chi connectivity index (χ4v) is 2.50. The zero-order valence-corrected chi connectivity index (χ0v) is 11.9. The number of methoxy groups -OCH3 is 1. The number of fused-ring (bicyclic) bond motifs is 1. The number of benzene rings is 1. The molecule has 0 radical (unpaired) electrons. The lowest BCUT2D eigenvalue weighted by molar-refractivity contribution is 0.415. The van der Waals surface area contributed by atoms with Crippen LogP contribution in [0, 0.1) is 5.41 Å². The molecule has 0 saturated heterocycles. The number of nitrogens with one attached hydrogen (secondary N) is 2. The van der Waals surface area contributed by atoms with E-state index in [0.29, 0.717) is 16.0 Å². The molecule has 0 aliphatic rings. The van der Waals surface area contributed by atoms with Gasteiger partial charge in [-0.1, -0.05) is 0 Å². The summed E-state index contributed by atoms with van der Waals surface area (Å²) in [7, 11) is 1.62. The number of aromatic amines is 1. The van der Waals surface area contributed by atoms with Gasteiger partial charge in [-0.3, -0.25) is 5.41 Å². The molecule has 3 rings (SSSR count). The Bertz CT molecular complexity index is 815. The lowest BCUT2D eigenvalue weighted by Crippen LogP contribution is -2.13. The minimum absolute atomic E-state index is 0.0893. The van der Waals surface area contributed by atoms with Crippen LogP contribution in [0.15, 0.2) is 40.8 Å². The Labute approximate surface area is 124 Å². The number of nitrogens with two attached hydrogens (primary N) is 1. The first-order valence-electron chi connectivity index (χ1n) is 6.05. The molecule has 0 amide bonds. The van der Waals surface area contributed by atoms with Crippen LogP contribution in [0.1, 0.15) is 5.69 Å². The maximum Gasteiger partial charge on any atom is 0.196 e. The SMILES string of the molecule is COc1ccc2nc(Sc3nccc(C(=N)N)n3)[nH]c2c1. The summed E-state index contributed by atoms with van der Waals surface area (Å²) in [4.78, 5) is 15.9. The van der Waals surface area contributed by atoms with Gasteiger partial charge in [0.2, 0.25) is 0 Å². The van der Waals surface area contributed by atoms with Crippen molar-refractivity contribution in [1.29, 1.82) is 5.41 Å². The molecule has 0 atom stereocenters. The third-order valence-electron chi connectivity index (χ3n) is 2.76. The van der Waals surface area contributed by atoms with Gasteiger partial charge in [-0.15, -0.1) is 0 Å². The van der Waals surface area contributed by atoms with Gasteiger partial charge in [-0.2, -0.15) is 0 Å². The van der Waals surface area contributed by atoms with E-state index in [9.17, 15) is 0 Å². The third-order valence-corrected chi connectivity index (χ3v) is 3.53. The number of hydrogen-bond acceptors (Lipinski definition) is 6. The van der Waals surface area contributed by atoms with Crippen LogP contribution in [0.3, 0.4) is 0 Å². The van der Waals surface area contributed by atoms with E-state index in [2.05, 4.69) is 19.9 Å². The minimum Gasteiger partial charge on any atom is -0.497 e. The Hall–Kier alpha value is -2.61. The van der Waals surface area contributed by atoms with Gasteiger partial charge in [0, 0.05) is 12.3 Å².